The first kappa shape index (κ1) is 24.3. The molecule has 0 aliphatic rings. The van der Waals surface area contributed by atoms with E-state index in [2.05, 4.69) is 84.9 Å². The average molecular weight is 561 g/mol. The van der Waals surface area contributed by atoms with Crippen molar-refractivity contribution in [2.45, 2.75) is 0 Å². The lowest BCUT2D eigenvalue weighted by atomic mass is 9.96. The molecule has 0 aliphatic heterocycles. The summed E-state index contributed by atoms with van der Waals surface area (Å²) in [5.41, 5.74) is 2.32. The lowest BCUT2D eigenvalue weighted by Gasteiger charge is -2.22. The summed E-state index contributed by atoms with van der Waals surface area (Å²) >= 11 is 1.85. The first-order chi connectivity index (χ1) is 20.2. The Kier molecular flexibility index (Phi) is 5.67. The van der Waals surface area contributed by atoms with E-state index in [1.165, 1.54) is 36.5 Å². The number of hydrogen-bond donors (Lipinski definition) is 0. The molecule has 3 heteroatoms. The van der Waals surface area contributed by atoms with E-state index in [0.717, 1.165) is 32.2 Å². The highest BCUT2D eigenvalue weighted by Gasteiger charge is 2.31. The summed E-state index contributed by atoms with van der Waals surface area (Å²) in [6.45, 7) is 0. The minimum atomic E-state index is -3.12. The molecule has 0 unspecified atom stereocenters. The second kappa shape index (κ2) is 9.56. The Hall–Kier alpha value is -4.49. The van der Waals surface area contributed by atoms with E-state index in [1.54, 1.807) is 0 Å². The molecule has 8 aromatic rings. The summed E-state index contributed by atoms with van der Waals surface area (Å²) in [5, 5.41) is 9.83. The van der Waals surface area contributed by atoms with Crippen LogP contribution in [0.4, 0.5) is 0 Å². The lowest BCUT2D eigenvalue weighted by molar-refractivity contribution is 0.592. The van der Waals surface area contributed by atoms with Crippen LogP contribution >= 0.6 is 18.5 Å². The number of hydrogen-bond acceptors (Lipinski definition) is 2. The van der Waals surface area contributed by atoms with Gasteiger partial charge in [-0.25, -0.2) is 0 Å². The second-order valence-electron chi connectivity index (χ2n) is 10.5. The van der Waals surface area contributed by atoms with Crippen LogP contribution in [0.3, 0.4) is 0 Å². The van der Waals surface area contributed by atoms with Gasteiger partial charge in [0.1, 0.15) is 0 Å². The van der Waals surface area contributed by atoms with E-state index < -0.39 is 7.14 Å². The van der Waals surface area contributed by atoms with E-state index >= 15 is 4.57 Å². The Balaban J connectivity index is 1.36. The largest absolute Gasteiger partial charge is 0.309 e. The standard InChI is InChI=1S/C38H25OPS/c39-40(29-13-3-1-4-14-29,30-15-5-2-6-16-30)36-20-10-18-32-31(17-9-19-33(32)36)28-21-22-37-34(24-28)35-23-26-11-7-8-12-27(26)25-38(35)41-37/h1-25H. The molecule has 8 rings (SSSR count). The van der Waals surface area contributed by atoms with Crippen LogP contribution < -0.4 is 15.9 Å². The molecule has 7 aromatic carbocycles. The molecule has 1 aromatic heterocycles. The van der Waals surface area contributed by atoms with E-state index in [1.807, 2.05) is 78.1 Å². The van der Waals surface area contributed by atoms with Gasteiger partial charge in [0.15, 0.2) is 7.14 Å². The minimum absolute atomic E-state index is 0.850. The fraction of sp³-hybridized carbons (Fsp3) is 0. The van der Waals surface area contributed by atoms with Gasteiger partial charge in [0.25, 0.3) is 0 Å². The maximum atomic E-state index is 15.3. The summed E-state index contributed by atoms with van der Waals surface area (Å²) in [6, 6.07) is 52.6. The molecule has 0 saturated carbocycles. The van der Waals surface area contributed by atoms with Gasteiger partial charge in [0.2, 0.25) is 0 Å². The predicted octanol–water partition coefficient (Wildman–Crippen LogP) is 9.67. The summed E-state index contributed by atoms with van der Waals surface area (Å²) in [7, 11) is -3.12. The van der Waals surface area contributed by atoms with E-state index in [9.17, 15) is 0 Å². The van der Waals surface area contributed by atoms with Crippen LogP contribution in [0.15, 0.2) is 152 Å². The van der Waals surface area contributed by atoms with Crippen molar-refractivity contribution in [3.05, 3.63) is 152 Å². The van der Waals surface area contributed by atoms with Gasteiger partial charge in [-0.1, -0.05) is 127 Å². The Morgan fingerprint density at radius 2 is 1.05 bits per heavy atom. The fourth-order valence-electron chi connectivity index (χ4n) is 6.15. The van der Waals surface area contributed by atoms with Crippen molar-refractivity contribution in [1.29, 1.82) is 0 Å². The molecule has 0 spiro atoms. The normalized spacial score (nSPS) is 12.0. The Labute approximate surface area is 242 Å². The molecule has 1 heterocycles. The molecule has 0 atom stereocenters. The number of rotatable bonds is 4. The van der Waals surface area contributed by atoms with Crippen LogP contribution in [-0.4, -0.2) is 0 Å². The fourth-order valence-corrected chi connectivity index (χ4v) is 10.1. The van der Waals surface area contributed by atoms with E-state index in [0.29, 0.717) is 0 Å². The Morgan fingerprint density at radius 1 is 0.439 bits per heavy atom. The maximum absolute atomic E-state index is 15.3. The zero-order valence-corrected chi connectivity index (χ0v) is 23.9. The van der Waals surface area contributed by atoms with Crippen LogP contribution in [0.25, 0.3) is 52.8 Å². The third-order valence-corrected chi connectivity index (χ3v) is 12.4. The average Bonchev–Trinajstić information content (AvgIpc) is 3.40. The molecular formula is C38H25OPS. The van der Waals surface area contributed by atoms with Gasteiger partial charge in [-0.2, -0.15) is 0 Å². The smallest absolute Gasteiger partial charge is 0.171 e. The molecule has 41 heavy (non-hydrogen) atoms. The van der Waals surface area contributed by atoms with Gasteiger partial charge >= 0.3 is 0 Å². The molecule has 0 radical (unpaired) electrons. The van der Waals surface area contributed by atoms with Gasteiger partial charge in [-0.05, 0) is 56.9 Å². The Morgan fingerprint density at radius 3 is 1.78 bits per heavy atom. The lowest BCUT2D eigenvalue weighted by Crippen LogP contribution is -2.25. The molecule has 0 N–H and O–H groups in total. The van der Waals surface area contributed by atoms with Gasteiger partial charge in [0.05, 0.1) is 0 Å². The zero-order valence-electron chi connectivity index (χ0n) is 22.2. The molecule has 0 bridgehead atoms. The van der Waals surface area contributed by atoms with Crippen LogP contribution in [0.5, 0.6) is 0 Å². The van der Waals surface area contributed by atoms with Crippen molar-refractivity contribution in [2.24, 2.45) is 0 Å². The summed E-state index contributed by atoms with van der Waals surface area (Å²) in [6.07, 6.45) is 0. The quantitative estimate of drug-likeness (QED) is 0.196. The predicted molar refractivity (Wildman–Crippen MR) is 179 cm³/mol. The zero-order chi connectivity index (χ0) is 27.4. The molecule has 0 saturated heterocycles. The summed E-state index contributed by atoms with van der Waals surface area (Å²) in [4.78, 5) is 0. The van der Waals surface area contributed by atoms with Crippen molar-refractivity contribution < 1.29 is 4.57 Å². The van der Waals surface area contributed by atoms with Crippen molar-refractivity contribution in [3.8, 4) is 11.1 Å². The minimum Gasteiger partial charge on any atom is -0.309 e. The highest BCUT2D eigenvalue weighted by molar-refractivity contribution is 7.85. The first-order valence-electron chi connectivity index (χ1n) is 13.8. The third kappa shape index (κ3) is 3.87. The van der Waals surface area contributed by atoms with Crippen molar-refractivity contribution in [3.63, 3.8) is 0 Å². The van der Waals surface area contributed by atoms with Crippen LogP contribution in [0.1, 0.15) is 0 Å². The van der Waals surface area contributed by atoms with Crippen molar-refractivity contribution in [1.82, 2.24) is 0 Å². The summed E-state index contributed by atoms with van der Waals surface area (Å²) in [5.74, 6) is 0. The molecule has 194 valence electrons. The maximum Gasteiger partial charge on any atom is 0.171 e. The monoisotopic (exact) mass is 560 g/mol. The molecule has 1 nitrogen and oxygen atoms in total. The molecule has 0 aliphatic carbocycles. The number of benzene rings is 7. The second-order valence-corrected chi connectivity index (χ2v) is 14.3. The molecular weight excluding hydrogens is 535 g/mol. The topological polar surface area (TPSA) is 17.1 Å². The van der Waals surface area contributed by atoms with Crippen LogP contribution in [0, 0.1) is 0 Å². The number of fused-ring (bicyclic) bond motifs is 5. The van der Waals surface area contributed by atoms with Crippen molar-refractivity contribution in [2.75, 3.05) is 0 Å². The van der Waals surface area contributed by atoms with Crippen molar-refractivity contribution >= 4 is 76.1 Å². The van der Waals surface area contributed by atoms with Crippen LogP contribution in [0.2, 0.25) is 0 Å². The van der Waals surface area contributed by atoms with E-state index in [4.69, 9.17) is 0 Å². The summed E-state index contributed by atoms with van der Waals surface area (Å²) < 4.78 is 17.9. The van der Waals surface area contributed by atoms with Gasteiger partial charge in [0, 0.05) is 36.1 Å². The molecule has 0 amide bonds. The first-order valence-corrected chi connectivity index (χ1v) is 16.3. The van der Waals surface area contributed by atoms with E-state index in [-0.39, 0.29) is 0 Å². The van der Waals surface area contributed by atoms with Gasteiger partial charge in [-0.3, -0.25) is 0 Å². The van der Waals surface area contributed by atoms with Gasteiger partial charge < -0.3 is 4.57 Å². The van der Waals surface area contributed by atoms with Crippen LogP contribution in [-0.2, 0) is 4.57 Å². The van der Waals surface area contributed by atoms with Gasteiger partial charge in [-0.15, -0.1) is 11.3 Å². The SMILES string of the molecule is O=P(c1ccccc1)(c1ccccc1)c1cccc2c(-c3ccc4sc5cc6ccccc6cc5c4c3)cccc12. The highest BCUT2D eigenvalue weighted by Crippen LogP contribution is 2.45. The Bertz CT molecular complexity index is 2240. The third-order valence-electron chi connectivity index (χ3n) is 8.13. The molecule has 0 fully saturated rings. The highest BCUT2D eigenvalue weighted by atomic mass is 32.1. The number of thiophene rings is 1.